The van der Waals surface area contributed by atoms with E-state index in [9.17, 15) is 0 Å². The summed E-state index contributed by atoms with van der Waals surface area (Å²) in [5.41, 5.74) is 1.36. The Kier molecular flexibility index (Phi) is 3.42. The Hall–Kier alpha value is -0.830. The van der Waals surface area contributed by atoms with Crippen molar-refractivity contribution in [3.63, 3.8) is 0 Å². The highest BCUT2D eigenvalue weighted by Gasteiger charge is 2.25. The molecule has 2 aliphatic heterocycles. The van der Waals surface area contributed by atoms with E-state index >= 15 is 0 Å². The zero-order valence-electron chi connectivity index (χ0n) is 11.7. The second kappa shape index (κ2) is 5.04. The number of aryl methyl sites for hydroxylation is 1. The highest BCUT2D eigenvalue weighted by atomic mass is 15.1. The summed E-state index contributed by atoms with van der Waals surface area (Å²) >= 11 is 0. The van der Waals surface area contributed by atoms with E-state index in [2.05, 4.69) is 29.5 Å². The summed E-state index contributed by atoms with van der Waals surface area (Å²) < 4.78 is 2.40. The zero-order valence-corrected chi connectivity index (χ0v) is 11.7. The van der Waals surface area contributed by atoms with Crippen molar-refractivity contribution in [1.82, 2.24) is 14.5 Å². The Bertz CT molecular complexity index is 410. The maximum atomic E-state index is 4.93. The number of piperidine rings is 1. The van der Waals surface area contributed by atoms with Crippen LogP contribution in [0.4, 0.5) is 0 Å². The van der Waals surface area contributed by atoms with Gasteiger partial charge in [-0.15, -0.1) is 0 Å². The minimum atomic E-state index is 0.673. The fourth-order valence-electron chi connectivity index (χ4n) is 3.39. The van der Waals surface area contributed by atoms with Crippen LogP contribution in [0.1, 0.15) is 50.5 Å². The molecule has 100 valence electrons. The van der Waals surface area contributed by atoms with Crippen LogP contribution in [0.2, 0.25) is 0 Å². The van der Waals surface area contributed by atoms with Gasteiger partial charge in [0.25, 0.3) is 0 Å². The molecule has 3 nitrogen and oxygen atoms in total. The number of imidazole rings is 1. The first-order chi connectivity index (χ1) is 8.76. The number of likely N-dealkylation sites (N-methyl/N-ethyl adjacent to an activating group) is 1. The van der Waals surface area contributed by atoms with E-state index in [4.69, 9.17) is 4.98 Å². The summed E-state index contributed by atoms with van der Waals surface area (Å²) in [6, 6.07) is 0. The van der Waals surface area contributed by atoms with Crippen molar-refractivity contribution in [3.05, 3.63) is 17.7 Å². The van der Waals surface area contributed by atoms with E-state index in [1.165, 1.54) is 63.4 Å². The number of hydrogen-bond acceptors (Lipinski definition) is 2. The van der Waals surface area contributed by atoms with Gasteiger partial charge >= 0.3 is 0 Å². The third-order valence-electron chi connectivity index (χ3n) is 4.64. The third-order valence-corrected chi connectivity index (χ3v) is 4.64. The van der Waals surface area contributed by atoms with E-state index in [1.807, 2.05) is 0 Å². The van der Waals surface area contributed by atoms with Crippen LogP contribution in [0, 0.1) is 5.92 Å². The van der Waals surface area contributed by atoms with Gasteiger partial charge in [-0.05, 0) is 38.3 Å². The van der Waals surface area contributed by atoms with Crippen LogP contribution in [-0.2, 0) is 13.0 Å². The molecule has 2 atom stereocenters. The van der Waals surface area contributed by atoms with Crippen LogP contribution in [0.3, 0.4) is 0 Å². The molecule has 2 aliphatic rings. The van der Waals surface area contributed by atoms with Gasteiger partial charge in [-0.2, -0.15) is 0 Å². The normalized spacial score (nSPS) is 29.2. The second-order valence-electron chi connectivity index (χ2n) is 6.11. The molecule has 0 aliphatic carbocycles. The average Bonchev–Trinajstić information content (AvgIpc) is 2.81. The summed E-state index contributed by atoms with van der Waals surface area (Å²) in [5.74, 6) is 2.82. The van der Waals surface area contributed by atoms with Crippen molar-refractivity contribution >= 4 is 0 Å². The summed E-state index contributed by atoms with van der Waals surface area (Å²) in [7, 11) is 0. The molecule has 1 aromatic heterocycles. The quantitative estimate of drug-likeness (QED) is 0.801. The smallest absolute Gasteiger partial charge is 0.109 e. The van der Waals surface area contributed by atoms with Crippen molar-refractivity contribution in [2.45, 2.75) is 52.0 Å². The lowest BCUT2D eigenvalue weighted by molar-refractivity contribution is 0.216. The summed E-state index contributed by atoms with van der Waals surface area (Å²) in [6.45, 7) is 9.45. The summed E-state index contributed by atoms with van der Waals surface area (Å²) in [6.07, 6.45) is 7.48. The van der Waals surface area contributed by atoms with Crippen molar-refractivity contribution in [3.8, 4) is 0 Å². The molecular weight excluding hydrogens is 222 g/mol. The molecule has 0 spiro atoms. The van der Waals surface area contributed by atoms with E-state index in [-0.39, 0.29) is 0 Å². The van der Waals surface area contributed by atoms with E-state index in [1.54, 1.807) is 0 Å². The first-order valence-corrected chi connectivity index (χ1v) is 7.54. The predicted octanol–water partition coefficient (Wildman–Crippen LogP) is 2.66. The molecule has 3 heteroatoms. The van der Waals surface area contributed by atoms with Crippen molar-refractivity contribution in [2.24, 2.45) is 5.92 Å². The standard InChI is InChI=1S/C15H25N3/c1-3-17-7-4-5-13(10-17)14-11-18-8-6-12(2)9-15(18)16-14/h11-13H,3-10H2,1-2H3. The molecule has 1 fully saturated rings. The molecule has 0 aromatic carbocycles. The molecule has 1 saturated heterocycles. The number of likely N-dealkylation sites (tertiary alicyclic amines) is 1. The van der Waals surface area contributed by atoms with Gasteiger partial charge in [-0.3, -0.25) is 0 Å². The number of rotatable bonds is 2. The maximum absolute atomic E-state index is 4.93. The monoisotopic (exact) mass is 247 g/mol. The van der Waals surface area contributed by atoms with Gasteiger partial charge in [0.2, 0.25) is 0 Å². The molecule has 3 rings (SSSR count). The van der Waals surface area contributed by atoms with Crippen LogP contribution in [0.5, 0.6) is 0 Å². The van der Waals surface area contributed by atoms with Gasteiger partial charge in [-0.25, -0.2) is 4.98 Å². The maximum Gasteiger partial charge on any atom is 0.109 e. The van der Waals surface area contributed by atoms with Gasteiger partial charge in [0.1, 0.15) is 5.82 Å². The first kappa shape index (κ1) is 12.2. The van der Waals surface area contributed by atoms with Gasteiger partial charge in [0.15, 0.2) is 0 Å². The number of fused-ring (bicyclic) bond motifs is 1. The fraction of sp³-hybridized carbons (Fsp3) is 0.800. The number of nitrogens with zero attached hydrogens (tertiary/aromatic N) is 3. The number of aromatic nitrogens is 2. The summed E-state index contributed by atoms with van der Waals surface area (Å²) in [4.78, 5) is 7.49. The van der Waals surface area contributed by atoms with Crippen molar-refractivity contribution in [1.29, 1.82) is 0 Å². The van der Waals surface area contributed by atoms with Crippen LogP contribution in [0.15, 0.2) is 6.20 Å². The van der Waals surface area contributed by atoms with Crippen molar-refractivity contribution < 1.29 is 0 Å². The minimum absolute atomic E-state index is 0.673. The third kappa shape index (κ3) is 2.33. The zero-order chi connectivity index (χ0) is 12.5. The first-order valence-electron chi connectivity index (χ1n) is 7.54. The molecule has 1 aromatic rings. The lowest BCUT2D eigenvalue weighted by atomic mass is 9.95. The van der Waals surface area contributed by atoms with Crippen LogP contribution < -0.4 is 0 Å². The highest BCUT2D eigenvalue weighted by molar-refractivity contribution is 5.13. The van der Waals surface area contributed by atoms with E-state index < -0.39 is 0 Å². The molecule has 0 radical (unpaired) electrons. The second-order valence-corrected chi connectivity index (χ2v) is 6.11. The molecule has 0 N–H and O–H groups in total. The molecule has 2 unspecified atom stereocenters. The molecule has 18 heavy (non-hydrogen) atoms. The molecule has 0 amide bonds. The molecule has 0 saturated carbocycles. The lowest BCUT2D eigenvalue weighted by Crippen LogP contribution is -2.34. The Morgan fingerprint density at radius 2 is 2.22 bits per heavy atom. The Morgan fingerprint density at radius 3 is 3.06 bits per heavy atom. The topological polar surface area (TPSA) is 21.1 Å². The van der Waals surface area contributed by atoms with Gasteiger partial charge in [0.05, 0.1) is 5.69 Å². The SMILES string of the molecule is CCN1CCCC(c2cn3c(n2)CC(C)CC3)C1. The molecule has 0 bridgehead atoms. The predicted molar refractivity (Wildman–Crippen MR) is 73.8 cm³/mol. The average molecular weight is 247 g/mol. The van der Waals surface area contributed by atoms with Gasteiger partial charge in [-0.1, -0.05) is 13.8 Å². The Morgan fingerprint density at radius 1 is 1.33 bits per heavy atom. The Labute approximate surface area is 110 Å². The van der Waals surface area contributed by atoms with Crippen LogP contribution in [-0.4, -0.2) is 34.1 Å². The van der Waals surface area contributed by atoms with Gasteiger partial charge in [0, 0.05) is 31.6 Å². The highest BCUT2D eigenvalue weighted by Crippen LogP contribution is 2.28. The van der Waals surface area contributed by atoms with Crippen molar-refractivity contribution in [2.75, 3.05) is 19.6 Å². The molecule has 3 heterocycles. The van der Waals surface area contributed by atoms with Crippen LogP contribution >= 0.6 is 0 Å². The number of hydrogen-bond donors (Lipinski definition) is 0. The Balaban J connectivity index is 1.76. The summed E-state index contributed by atoms with van der Waals surface area (Å²) in [5, 5.41) is 0. The van der Waals surface area contributed by atoms with Gasteiger partial charge < -0.3 is 9.47 Å². The fourth-order valence-corrected chi connectivity index (χ4v) is 3.39. The lowest BCUT2D eigenvalue weighted by Gasteiger charge is -2.30. The van der Waals surface area contributed by atoms with Crippen LogP contribution in [0.25, 0.3) is 0 Å². The largest absolute Gasteiger partial charge is 0.335 e. The molecular formula is C15H25N3. The van der Waals surface area contributed by atoms with E-state index in [0.717, 1.165) is 5.92 Å². The van der Waals surface area contributed by atoms with E-state index in [0.29, 0.717) is 5.92 Å². The minimum Gasteiger partial charge on any atom is -0.335 e.